The van der Waals surface area contributed by atoms with E-state index in [9.17, 15) is 29.1 Å². The normalized spacial score (nSPS) is 21.3. The van der Waals surface area contributed by atoms with E-state index in [4.69, 9.17) is 4.74 Å². The van der Waals surface area contributed by atoms with Gasteiger partial charge in [0.25, 0.3) is 23.3 Å². The average molecular weight is 490 g/mol. The second-order valence-corrected chi connectivity index (χ2v) is 8.91. The molecule has 1 aromatic carbocycles. The molecule has 1 saturated carbocycles. The van der Waals surface area contributed by atoms with E-state index in [-0.39, 0.29) is 30.1 Å². The number of aliphatic hydroxyl groups excluding tert-OH is 1. The Balaban J connectivity index is 1.55. The third-order valence-electron chi connectivity index (χ3n) is 6.51. The second-order valence-electron chi connectivity index (χ2n) is 8.91. The number of halogens is 1. The fourth-order valence-corrected chi connectivity index (χ4v) is 4.22. The van der Waals surface area contributed by atoms with Crippen molar-refractivity contribution < 1.29 is 33.2 Å². The summed E-state index contributed by atoms with van der Waals surface area (Å²) in [6.07, 6.45) is 3.22. The maximum Gasteiger partial charge on any atom is 0.434 e. The summed E-state index contributed by atoms with van der Waals surface area (Å²) < 4.78 is 20.5. The Morgan fingerprint density at radius 2 is 2.03 bits per heavy atom. The van der Waals surface area contributed by atoms with Gasteiger partial charge in [-0.05, 0) is 37.0 Å². The fourth-order valence-electron chi connectivity index (χ4n) is 4.22. The zero-order chi connectivity index (χ0) is 25.6. The number of ether oxygens (including phenoxy) is 1. The van der Waals surface area contributed by atoms with Crippen LogP contribution in [0.25, 0.3) is 0 Å². The number of benzene rings is 1. The predicted molar refractivity (Wildman–Crippen MR) is 123 cm³/mol. The van der Waals surface area contributed by atoms with Crippen LogP contribution in [-0.4, -0.2) is 58.5 Å². The van der Waals surface area contributed by atoms with E-state index < -0.39 is 46.4 Å². The minimum atomic E-state index is -0.989. The van der Waals surface area contributed by atoms with Crippen LogP contribution in [0.5, 0.6) is 0 Å². The molecule has 182 valence electrons. The number of allylic oxidation sites excluding steroid dienone is 1. The van der Waals surface area contributed by atoms with Crippen molar-refractivity contribution in [2.45, 2.75) is 25.4 Å². The van der Waals surface area contributed by atoms with Crippen LogP contribution in [0, 0.1) is 22.6 Å². The molecule has 1 aromatic rings. The van der Waals surface area contributed by atoms with Crippen LogP contribution in [0.15, 0.2) is 64.3 Å². The van der Waals surface area contributed by atoms with Crippen LogP contribution in [-0.2, 0) is 25.5 Å². The van der Waals surface area contributed by atoms with Gasteiger partial charge >= 0.3 is 5.91 Å². The number of hydrogen-bond donors (Lipinski definition) is 3. The second kappa shape index (κ2) is 8.57. The molecule has 10 nitrogen and oxygen atoms in total. The van der Waals surface area contributed by atoms with Crippen LogP contribution in [0.3, 0.4) is 0 Å². The van der Waals surface area contributed by atoms with Gasteiger partial charge in [0.2, 0.25) is 12.3 Å². The lowest BCUT2D eigenvalue weighted by atomic mass is 9.89. The van der Waals surface area contributed by atoms with Crippen LogP contribution < -0.4 is 10.6 Å². The predicted octanol–water partition coefficient (Wildman–Crippen LogP) is 0.919. The first kappa shape index (κ1) is 23.2. The number of carbonyl (C=O) groups excluding carboxylic acids is 3. The Morgan fingerprint density at radius 3 is 2.67 bits per heavy atom. The Bertz CT molecular complexity index is 1410. The molecule has 3 amide bonds. The third kappa shape index (κ3) is 3.86. The van der Waals surface area contributed by atoms with Gasteiger partial charge < -0.3 is 20.5 Å². The van der Waals surface area contributed by atoms with E-state index in [1.165, 1.54) is 25.4 Å². The first-order valence-electron chi connectivity index (χ1n) is 11.2. The number of hydrogen-bond acceptors (Lipinski definition) is 7. The number of amides is 3. The molecule has 1 atom stereocenters. The molecule has 3 heterocycles. The van der Waals surface area contributed by atoms with Gasteiger partial charge in [-0.15, -0.1) is 4.58 Å². The van der Waals surface area contributed by atoms with Gasteiger partial charge in [0.05, 0.1) is 11.5 Å². The number of aliphatic hydroxyl groups is 1. The van der Waals surface area contributed by atoms with Gasteiger partial charge in [-0.1, -0.05) is 12.1 Å². The van der Waals surface area contributed by atoms with E-state index >= 15 is 0 Å². The van der Waals surface area contributed by atoms with Crippen molar-refractivity contribution in [1.82, 2.24) is 10.6 Å². The summed E-state index contributed by atoms with van der Waals surface area (Å²) in [6.45, 7) is 0.132. The molecule has 11 heteroatoms. The smallest absolute Gasteiger partial charge is 0.434 e. The van der Waals surface area contributed by atoms with Gasteiger partial charge in [0, 0.05) is 25.4 Å². The summed E-state index contributed by atoms with van der Waals surface area (Å²) in [6, 6.07) is 8.00. The maximum atomic E-state index is 13.4. The Morgan fingerprint density at radius 1 is 1.31 bits per heavy atom. The first-order valence-corrected chi connectivity index (χ1v) is 11.2. The average Bonchev–Trinajstić information content (AvgIpc) is 3.67. The Kier molecular flexibility index (Phi) is 5.51. The monoisotopic (exact) mass is 490 g/mol. The standard InChI is InChI=1S/C25H20FN5O5/c1-28-23(34)17-20(32)18-19-21(14(9-29-18)8-13-2-4-15(26)5-3-13)36-16(10-31(19)24(17)35)22(33)30-12-25(11-27)6-7-25/h2-5,9-10,21H,6-8,12H2,1H3,(H2-,28,30,32,33,34,35)/p+1. The lowest BCUT2D eigenvalue weighted by Crippen LogP contribution is -2.52. The van der Waals surface area contributed by atoms with E-state index in [0.717, 1.165) is 16.3 Å². The quantitative estimate of drug-likeness (QED) is 0.400. The zero-order valence-electron chi connectivity index (χ0n) is 19.2. The van der Waals surface area contributed by atoms with E-state index in [2.05, 4.69) is 21.7 Å². The molecule has 5 rings (SSSR count). The third-order valence-corrected chi connectivity index (χ3v) is 6.51. The molecule has 0 saturated heterocycles. The number of nitriles is 1. The van der Waals surface area contributed by atoms with E-state index in [1.54, 1.807) is 12.1 Å². The number of nitrogens with one attached hydrogen (secondary N) is 2. The lowest BCUT2D eigenvalue weighted by molar-refractivity contribution is -0.385. The van der Waals surface area contributed by atoms with Crippen molar-refractivity contribution in [2.24, 2.45) is 10.4 Å². The fraction of sp³-hybridized carbons (Fsp3) is 0.280. The molecule has 1 fully saturated rings. The molecular formula is C25H21FN5O5+. The number of carbonyl (C=O) groups is 3. The largest absolute Gasteiger partial charge is 0.504 e. The summed E-state index contributed by atoms with van der Waals surface area (Å²) in [5.74, 6) is -3.48. The molecule has 1 unspecified atom stereocenters. The maximum absolute atomic E-state index is 13.4. The highest BCUT2D eigenvalue weighted by Crippen LogP contribution is 2.44. The van der Waals surface area contributed by atoms with E-state index in [1.807, 2.05) is 0 Å². The SMILES string of the molecule is CNC(=O)C1=C(O)C2=NC=C(Cc3ccc(F)cc3)C3OC(C(=O)NCC4(C#N)CC4)=C[N+](=C23)C1=O. The van der Waals surface area contributed by atoms with Gasteiger partial charge in [-0.3, -0.25) is 9.59 Å². The van der Waals surface area contributed by atoms with Crippen molar-refractivity contribution in [3.63, 3.8) is 0 Å². The number of nitrogens with zero attached hydrogens (tertiary/aromatic N) is 3. The summed E-state index contributed by atoms with van der Waals surface area (Å²) in [5.41, 5.74) is 0.296. The topological polar surface area (TPSA) is 144 Å². The number of likely N-dealkylation sites (N-methyl/N-ethyl adjacent to an activating group) is 1. The Labute approximate surface area is 204 Å². The van der Waals surface area contributed by atoms with Crippen LogP contribution in [0.2, 0.25) is 0 Å². The molecular weight excluding hydrogens is 469 g/mol. The minimum absolute atomic E-state index is 0.0295. The molecule has 4 aliphatic rings. The van der Waals surface area contributed by atoms with Crippen molar-refractivity contribution >= 4 is 29.1 Å². The van der Waals surface area contributed by atoms with Gasteiger partial charge in [-0.2, -0.15) is 5.26 Å². The number of aliphatic imine (C=N–C) groups is 1. The highest BCUT2D eigenvalue weighted by molar-refractivity contribution is 6.52. The molecule has 3 aliphatic heterocycles. The zero-order valence-corrected chi connectivity index (χ0v) is 19.2. The highest BCUT2D eigenvalue weighted by Gasteiger charge is 2.52. The lowest BCUT2D eigenvalue weighted by Gasteiger charge is -2.29. The molecule has 0 radical (unpaired) electrons. The molecule has 0 spiro atoms. The summed E-state index contributed by atoms with van der Waals surface area (Å²) >= 11 is 0. The summed E-state index contributed by atoms with van der Waals surface area (Å²) in [5, 5.41) is 25.0. The van der Waals surface area contributed by atoms with Gasteiger partial charge in [0.1, 0.15) is 5.82 Å². The first-order chi connectivity index (χ1) is 17.3. The van der Waals surface area contributed by atoms with Crippen LogP contribution in [0.1, 0.15) is 18.4 Å². The van der Waals surface area contributed by atoms with Crippen molar-refractivity contribution in [3.8, 4) is 6.07 Å². The Hall–Kier alpha value is -4.59. The molecule has 3 N–H and O–H groups in total. The minimum Gasteiger partial charge on any atom is -0.504 e. The van der Waals surface area contributed by atoms with Crippen molar-refractivity contribution in [1.29, 1.82) is 5.26 Å². The highest BCUT2D eigenvalue weighted by atomic mass is 19.1. The van der Waals surface area contributed by atoms with Crippen molar-refractivity contribution in [3.05, 3.63) is 70.7 Å². The van der Waals surface area contributed by atoms with Gasteiger partial charge in [-0.25, -0.2) is 14.2 Å². The summed E-state index contributed by atoms with van der Waals surface area (Å²) in [7, 11) is 1.32. The molecule has 1 aliphatic carbocycles. The van der Waals surface area contributed by atoms with Crippen LogP contribution >= 0.6 is 0 Å². The molecule has 0 bridgehead atoms. The summed E-state index contributed by atoms with van der Waals surface area (Å²) in [4.78, 5) is 42.9. The van der Waals surface area contributed by atoms with Crippen molar-refractivity contribution in [2.75, 3.05) is 13.6 Å². The molecule has 36 heavy (non-hydrogen) atoms. The van der Waals surface area contributed by atoms with Crippen LogP contribution in [0.4, 0.5) is 4.39 Å². The van der Waals surface area contributed by atoms with E-state index in [0.29, 0.717) is 18.4 Å². The molecule has 0 aromatic heterocycles. The van der Waals surface area contributed by atoms with Gasteiger partial charge in [0.15, 0.2) is 17.0 Å². The number of rotatable bonds is 6.